The summed E-state index contributed by atoms with van der Waals surface area (Å²) >= 11 is 0. The van der Waals surface area contributed by atoms with Crippen LogP contribution in [-0.2, 0) is 4.79 Å². The quantitative estimate of drug-likeness (QED) is 0.802. The minimum atomic E-state index is -0.476. The van der Waals surface area contributed by atoms with E-state index in [9.17, 15) is 9.18 Å². The van der Waals surface area contributed by atoms with Crippen LogP contribution in [0.4, 0.5) is 15.8 Å². The molecule has 1 atom stereocenters. The lowest BCUT2D eigenvalue weighted by Gasteiger charge is -2.20. The number of carbonyl (C=O) groups excluding carboxylic acids is 1. The molecule has 0 radical (unpaired) electrons. The third-order valence-electron chi connectivity index (χ3n) is 3.75. The molecular weight excluding hydrogens is 271 g/mol. The number of hydrogen-bond donors (Lipinski definition) is 2. The fourth-order valence-electron chi connectivity index (χ4n) is 2.75. The first-order valence-corrected chi connectivity index (χ1v) is 7.16. The van der Waals surface area contributed by atoms with Crippen molar-refractivity contribution in [1.29, 1.82) is 0 Å². The highest BCUT2D eigenvalue weighted by Crippen LogP contribution is 2.17. The van der Waals surface area contributed by atoms with E-state index in [2.05, 4.69) is 17.3 Å². The van der Waals surface area contributed by atoms with Gasteiger partial charge in [-0.2, -0.15) is 0 Å². The Labute approximate surface area is 124 Å². The molecule has 1 unspecified atom stereocenters. The Bertz CT molecular complexity index is 508. The van der Waals surface area contributed by atoms with Gasteiger partial charge >= 0.3 is 0 Å². The highest BCUT2D eigenvalue weighted by Gasteiger charge is 2.21. The van der Waals surface area contributed by atoms with Crippen LogP contribution in [0.3, 0.4) is 0 Å². The number of hydrogen-bond acceptors (Lipinski definition) is 4. The van der Waals surface area contributed by atoms with Gasteiger partial charge in [0.05, 0.1) is 12.2 Å². The number of likely N-dealkylation sites (tertiary alicyclic amines) is 1. The van der Waals surface area contributed by atoms with Gasteiger partial charge in [0.25, 0.3) is 0 Å². The standard InChI is InChI=1S/C15H23FN4O/c1-19-6-5-11(8-19)9-20(2)10-15(21)18-12-3-4-13(16)14(17)7-12/h3-4,7,11H,5-6,8-10,17H2,1-2H3,(H,18,21). The van der Waals surface area contributed by atoms with Gasteiger partial charge in [-0.15, -0.1) is 0 Å². The summed E-state index contributed by atoms with van der Waals surface area (Å²) in [7, 11) is 4.06. The normalized spacial score (nSPS) is 19.1. The van der Waals surface area contributed by atoms with E-state index in [1.807, 2.05) is 11.9 Å². The molecule has 1 aromatic carbocycles. The zero-order valence-corrected chi connectivity index (χ0v) is 12.6. The van der Waals surface area contributed by atoms with Crippen LogP contribution >= 0.6 is 0 Å². The number of amides is 1. The van der Waals surface area contributed by atoms with E-state index in [0.29, 0.717) is 18.2 Å². The lowest BCUT2D eigenvalue weighted by molar-refractivity contribution is -0.117. The average molecular weight is 294 g/mol. The maximum absolute atomic E-state index is 13.1. The number of carbonyl (C=O) groups is 1. The van der Waals surface area contributed by atoms with Crippen LogP contribution in [0.5, 0.6) is 0 Å². The van der Waals surface area contributed by atoms with Crippen molar-refractivity contribution >= 4 is 17.3 Å². The Hall–Kier alpha value is -1.66. The van der Waals surface area contributed by atoms with E-state index in [0.717, 1.165) is 19.6 Å². The molecule has 1 heterocycles. The van der Waals surface area contributed by atoms with E-state index in [-0.39, 0.29) is 11.6 Å². The van der Waals surface area contributed by atoms with Crippen molar-refractivity contribution in [2.75, 3.05) is 51.3 Å². The van der Waals surface area contributed by atoms with Crippen molar-refractivity contribution in [3.05, 3.63) is 24.0 Å². The first-order valence-electron chi connectivity index (χ1n) is 7.16. The number of benzene rings is 1. The predicted octanol–water partition coefficient (Wildman–Crippen LogP) is 1.23. The van der Waals surface area contributed by atoms with E-state index in [1.165, 1.54) is 24.6 Å². The number of likely N-dealkylation sites (N-methyl/N-ethyl adjacent to an activating group) is 1. The number of rotatable bonds is 5. The Balaban J connectivity index is 1.79. The summed E-state index contributed by atoms with van der Waals surface area (Å²) in [5, 5.41) is 2.74. The Morgan fingerprint density at radius 2 is 2.33 bits per heavy atom. The van der Waals surface area contributed by atoms with Crippen molar-refractivity contribution in [2.24, 2.45) is 5.92 Å². The molecule has 1 fully saturated rings. The van der Waals surface area contributed by atoms with Crippen molar-refractivity contribution in [3.63, 3.8) is 0 Å². The zero-order chi connectivity index (χ0) is 15.4. The topological polar surface area (TPSA) is 61.6 Å². The molecule has 1 aromatic rings. The van der Waals surface area contributed by atoms with Gasteiger partial charge in [-0.3, -0.25) is 9.69 Å². The van der Waals surface area contributed by atoms with Crippen LogP contribution in [0.15, 0.2) is 18.2 Å². The smallest absolute Gasteiger partial charge is 0.238 e. The van der Waals surface area contributed by atoms with E-state index in [1.54, 1.807) is 0 Å². The summed E-state index contributed by atoms with van der Waals surface area (Å²) in [5.41, 5.74) is 6.04. The first-order chi connectivity index (χ1) is 9.94. The van der Waals surface area contributed by atoms with E-state index >= 15 is 0 Å². The van der Waals surface area contributed by atoms with Crippen LogP contribution < -0.4 is 11.1 Å². The third kappa shape index (κ3) is 4.68. The van der Waals surface area contributed by atoms with Gasteiger partial charge in [0.2, 0.25) is 5.91 Å². The molecular formula is C15H23FN4O. The molecule has 0 saturated carbocycles. The molecule has 1 aliphatic rings. The molecule has 0 spiro atoms. The predicted molar refractivity (Wildman–Crippen MR) is 82.5 cm³/mol. The monoisotopic (exact) mass is 294 g/mol. The van der Waals surface area contributed by atoms with Gasteiger partial charge in [-0.25, -0.2) is 4.39 Å². The summed E-state index contributed by atoms with van der Waals surface area (Å²) in [4.78, 5) is 16.3. The van der Waals surface area contributed by atoms with E-state index in [4.69, 9.17) is 5.73 Å². The second-order valence-electron chi connectivity index (χ2n) is 5.90. The summed E-state index contributed by atoms with van der Waals surface area (Å²) in [6, 6.07) is 4.19. The molecule has 5 nitrogen and oxygen atoms in total. The first kappa shape index (κ1) is 15.7. The zero-order valence-electron chi connectivity index (χ0n) is 12.6. The molecule has 1 aliphatic heterocycles. The Kier molecular flexibility index (Phi) is 5.14. The van der Waals surface area contributed by atoms with Crippen LogP contribution in [0, 0.1) is 11.7 Å². The summed E-state index contributed by atoms with van der Waals surface area (Å²) in [6.07, 6.45) is 1.18. The summed E-state index contributed by atoms with van der Waals surface area (Å²) in [5.74, 6) is 0.0274. The van der Waals surface area contributed by atoms with Crippen LogP contribution in [0.2, 0.25) is 0 Å². The number of nitrogens with zero attached hydrogens (tertiary/aromatic N) is 2. The van der Waals surface area contributed by atoms with Crippen LogP contribution in [0.1, 0.15) is 6.42 Å². The lowest BCUT2D eigenvalue weighted by Crippen LogP contribution is -2.34. The highest BCUT2D eigenvalue weighted by atomic mass is 19.1. The SMILES string of the molecule is CN1CCC(CN(C)CC(=O)Nc2ccc(F)c(N)c2)C1. The third-order valence-corrected chi connectivity index (χ3v) is 3.75. The molecule has 6 heteroatoms. The maximum atomic E-state index is 13.1. The minimum absolute atomic E-state index is 0.0372. The maximum Gasteiger partial charge on any atom is 0.238 e. The molecule has 2 rings (SSSR count). The Morgan fingerprint density at radius 3 is 2.95 bits per heavy atom. The van der Waals surface area contributed by atoms with E-state index < -0.39 is 5.82 Å². The van der Waals surface area contributed by atoms with Crippen LogP contribution in [0.25, 0.3) is 0 Å². The van der Waals surface area contributed by atoms with Gasteiger partial charge in [-0.1, -0.05) is 0 Å². The molecule has 116 valence electrons. The lowest BCUT2D eigenvalue weighted by atomic mass is 10.1. The Morgan fingerprint density at radius 1 is 1.57 bits per heavy atom. The van der Waals surface area contributed by atoms with Gasteiger partial charge < -0.3 is 16.0 Å². The van der Waals surface area contributed by atoms with Gasteiger partial charge in [0.15, 0.2) is 0 Å². The molecule has 21 heavy (non-hydrogen) atoms. The molecule has 3 N–H and O–H groups in total. The molecule has 1 amide bonds. The van der Waals surface area contributed by atoms with Crippen molar-refractivity contribution < 1.29 is 9.18 Å². The van der Waals surface area contributed by atoms with Crippen molar-refractivity contribution in [2.45, 2.75) is 6.42 Å². The molecule has 1 saturated heterocycles. The number of halogens is 1. The second-order valence-corrected chi connectivity index (χ2v) is 5.90. The van der Waals surface area contributed by atoms with Gasteiger partial charge in [-0.05, 0) is 51.2 Å². The summed E-state index contributed by atoms with van der Waals surface area (Å²) < 4.78 is 13.1. The number of nitrogens with two attached hydrogens (primary N) is 1. The van der Waals surface area contributed by atoms with Gasteiger partial charge in [0.1, 0.15) is 5.82 Å². The largest absolute Gasteiger partial charge is 0.396 e. The molecule has 0 bridgehead atoms. The number of anilines is 2. The summed E-state index contributed by atoms with van der Waals surface area (Å²) in [6.45, 7) is 3.43. The number of nitrogen functional groups attached to an aromatic ring is 1. The molecule has 0 aliphatic carbocycles. The van der Waals surface area contributed by atoms with Gasteiger partial charge in [0, 0.05) is 18.8 Å². The number of nitrogens with one attached hydrogen (secondary N) is 1. The highest BCUT2D eigenvalue weighted by molar-refractivity contribution is 5.92. The average Bonchev–Trinajstić information content (AvgIpc) is 2.79. The fraction of sp³-hybridized carbons (Fsp3) is 0.533. The minimum Gasteiger partial charge on any atom is -0.396 e. The second kappa shape index (κ2) is 6.87. The molecule has 0 aromatic heterocycles. The van der Waals surface area contributed by atoms with Crippen LogP contribution in [-0.4, -0.2) is 56.0 Å². The van der Waals surface area contributed by atoms with Crippen molar-refractivity contribution in [3.8, 4) is 0 Å². The van der Waals surface area contributed by atoms with Crippen molar-refractivity contribution in [1.82, 2.24) is 9.80 Å². The fourth-order valence-corrected chi connectivity index (χ4v) is 2.75.